The van der Waals surface area contributed by atoms with Crippen LogP contribution in [0.2, 0.25) is 0 Å². The van der Waals surface area contributed by atoms with Gasteiger partial charge in [-0.05, 0) is 58.7 Å². The predicted molar refractivity (Wildman–Crippen MR) is 118 cm³/mol. The second kappa shape index (κ2) is 7.30. The fraction of sp³-hybridized carbons (Fsp3) is 0.478. The van der Waals surface area contributed by atoms with Crippen LogP contribution in [0.5, 0.6) is 0 Å². The number of carbonyl (C=O) groups is 3. The lowest BCUT2D eigenvalue weighted by Crippen LogP contribution is -2.54. The first kappa shape index (κ1) is 22.2. The van der Waals surface area contributed by atoms with E-state index in [1.807, 2.05) is 6.92 Å². The summed E-state index contributed by atoms with van der Waals surface area (Å²) in [7, 11) is 0. The molecule has 1 aliphatic rings. The predicted octanol–water partition coefficient (Wildman–Crippen LogP) is 4.21. The zero-order chi connectivity index (χ0) is 22.6. The average Bonchev–Trinajstić information content (AvgIpc) is 3.00. The number of unbranched alkanes of at least 4 members (excludes halogenated alkanes) is 1. The molecule has 0 atom stereocenters. The van der Waals surface area contributed by atoms with Crippen molar-refractivity contribution in [2.24, 2.45) is 10.8 Å². The fourth-order valence-corrected chi connectivity index (χ4v) is 5.15. The lowest BCUT2D eigenvalue weighted by molar-refractivity contribution is -0.151. The largest absolute Gasteiger partial charge is 0.506 e. The molecule has 0 spiro atoms. The Morgan fingerprint density at radius 2 is 1.60 bits per heavy atom. The molecule has 1 N–H and O–H groups in total. The number of hydrogen-bond acceptors (Lipinski definition) is 6. The maximum atomic E-state index is 13.0. The van der Waals surface area contributed by atoms with Gasteiger partial charge in [0.1, 0.15) is 11.3 Å². The summed E-state index contributed by atoms with van der Waals surface area (Å²) in [5.41, 5.74) is -1.52. The fourth-order valence-electron chi connectivity index (χ4n) is 4.17. The van der Waals surface area contributed by atoms with Gasteiger partial charge < -0.3 is 5.11 Å². The van der Waals surface area contributed by atoms with Gasteiger partial charge in [0.2, 0.25) is 0 Å². The number of ketones is 3. The molecule has 1 aromatic heterocycles. The molecule has 0 saturated heterocycles. The molecule has 6 nitrogen and oxygen atoms in total. The Hall–Kier alpha value is -2.54. The molecule has 1 saturated carbocycles. The minimum atomic E-state index is -1.41. The summed E-state index contributed by atoms with van der Waals surface area (Å²) in [6, 6.07) is 3.35. The number of carbonyl (C=O) groups excluding carboxylic acids is 3. The maximum absolute atomic E-state index is 13.0. The highest BCUT2D eigenvalue weighted by Crippen LogP contribution is 2.43. The second-order valence-electron chi connectivity index (χ2n) is 8.92. The Bertz CT molecular complexity index is 1140. The standard InChI is InChI=1S/C23H27NO5S/c1-7-8-11-24-16-12(2)13(9-10-14(16)30-21(24)29)17(25)15-18(26)22(3,4)20(28)23(5,6)19(15)27/h9-10,25H,7-8,11H2,1-6H3. The van der Waals surface area contributed by atoms with Gasteiger partial charge in [0.05, 0.1) is 21.0 Å². The lowest BCUT2D eigenvalue weighted by Gasteiger charge is -2.37. The van der Waals surface area contributed by atoms with Crippen LogP contribution in [0.15, 0.2) is 22.5 Å². The van der Waals surface area contributed by atoms with Crippen LogP contribution in [0.3, 0.4) is 0 Å². The number of hydrogen-bond donors (Lipinski definition) is 1. The van der Waals surface area contributed by atoms with Crippen molar-refractivity contribution < 1.29 is 19.5 Å². The van der Waals surface area contributed by atoms with Crippen molar-refractivity contribution in [3.05, 3.63) is 38.5 Å². The van der Waals surface area contributed by atoms with Gasteiger partial charge in [-0.3, -0.25) is 23.7 Å². The second-order valence-corrected chi connectivity index (χ2v) is 9.91. The SMILES string of the molecule is CCCCn1c(=O)sc2ccc(C(O)=C3C(=O)C(C)(C)C(=O)C(C)(C)C3=O)c(C)c21. The van der Waals surface area contributed by atoms with Crippen molar-refractivity contribution in [3.8, 4) is 0 Å². The van der Waals surface area contributed by atoms with E-state index in [4.69, 9.17) is 0 Å². The van der Waals surface area contributed by atoms with E-state index in [0.29, 0.717) is 23.2 Å². The van der Waals surface area contributed by atoms with E-state index in [1.54, 1.807) is 23.6 Å². The summed E-state index contributed by atoms with van der Waals surface area (Å²) in [4.78, 5) is 51.2. The number of aliphatic hydroxyl groups excluding tert-OH is 1. The summed E-state index contributed by atoms with van der Waals surface area (Å²) in [5, 5.41) is 11.1. The molecule has 30 heavy (non-hydrogen) atoms. The number of fused-ring (bicyclic) bond motifs is 1. The molecule has 0 aliphatic heterocycles. The molecular weight excluding hydrogens is 402 g/mol. The number of benzene rings is 1. The molecule has 1 heterocycles. The van der Waals surface area contributed by atoms with E-state index in [9.17, 15) is 24.3 Å². The van der Waals surface area contributed by atoms with Crippen molar-refractivity contribution in [1.29, 1.82) is 0 Å². The Morgan fingerprint density at radius 3 is 2.13 bits per heavy atom. The highest BCUT2D eigenvalue weighted by atomic mass is 32.1. The number of rotatable bonds is 4. The van der Waals surface area contributed by atoms with Crippen LogP contribution in [-0.4, -0.2) is 27.0 Å². The van der Waals surface area contributed by atoms with Crippen LogP contribution in [0.1, 0.15) is 58.6 Å². The first-order valence-corrected chi connectivity index (χ1v) is 10.9. The number of nitrogens with zero attached hydrogens (tertiary/aromatic N) is 1. The monoisotopic (exact) mass is 429 g/mol. The van der Waals surface area contributed by atoms with E-state index >= 15 is 0 Å². The summed E-state index contributed by atoms with van der Waals surface area (Å²) in [5.74, 6) is -2.25. The molecule has 0 bridgehead atoms. The number of Topliss-reactive ketones (excluding diaryl/α,β-unsaturated/α-hetero) is 3. The first-order chi connectivity index (χ1) is 13.9. The number of allylic oxidation sites excluding steroid dienone is 1. The van der Waals surface area contributed by atoms with Crippen molar-refractivity contribution in [3.63, 3.8) is 0 Å². The number of aryl methyl sites for hydroxylation is 2. The molecule has 7 heteroatoms. The van der Waals surface area contributed by atoms with Gasteiger partial charge in [-0.15, -0.1) is 0 Å². The van der Waals surface area contributed by atoms with Crippen LogP contribution >= 0.6 is 11.3 Å². The molecule has 0 radical (unpaired) electrons. The molecule has 0 amide bonds. The zero-order valence-corrected chi connectivity index (χ0v) is 19.0. The van der Waals surface area contributed by atoms with Crippen molar-refractivity contribution in [2.45, 2.75) is 60.9 Å². The van der Waals surface area contributed by atoms with E-state index in [0.717, 1.165) is 28.9 Å². The van der Waals surface area contributed by atoms with Crippen LogP contribution in [0, 0.1) is 17.8 Å². The minimum Gasteiger partial charge on any atom is -0.506 e. The van der Waals surface area contributed by atoms with Gasteiger partial charge >= 0.3 is 4.87 Å². The maximum Gasteiger partial charge on any atom is 0.308 e. The van der Waals surface area contributed by atoms with Gasteiger partial charge in [0.15, 0.2) is 17.3 Å². The van der Waals surface area contributed by atoms with Crippen LogP contribution in [-0.2, 0) is 20.9 Å². The highest BCUT2D eigenvalue weighted by molar-refractivity contribution is 7.16. The molecular formula is C23H27NO5S. The van der Waals surface area contributed by atoms with Crippen molar-refractivity contribution in [1.82, 2.24) is 4.57 Å². The summed E-state index contributed by atoms with van der Waals surface area (Å²) < 4.78 is 2.47. The Labute approximate surface area is 179 Å². The normalized spacial score (nSPS) is 18.3. The van der Waals surface area contributed by atoms with Gasteiger partial charge in [-0.1, -0.05) is 24.7 Å². The van der Waals surface area contributed by atoms with Crippen molar-refractivity contribution >= 4 is 44.7 Å². The smallest absolute Gasteiger partial charge is 0.308 e. The van der Waals surface area contributed by atoms with Crippen LogP contribution < -0.4 is 4.87 Å². The summed E-state index contributed by atoms with van der Waals surface area (Å²) in [6.07, 6.45) is 1.77. The first-order valence-electron chi connectivity index (χ1n) is 10.1. The van der Waals surface area contributed by atoms with Gasteiger partial charge in [0.25, 0.3) is 0 Å². The molecule has 2 aromatic rings. The summed E-state index contributed by atoms with van der Waals surface area (Å²) in [6.45, 7) is 10.3. The van der Waals surface area contributed by atoms with E-state index in [-0.39, 0.29) is 10.4 Å². The topological polar surface area (TPSA) is 93.4 Å². The average molecular weight is 430 g/mol. The third kappa shape index (κ3) is 3.07. The summed E-state index contributed by atoms with van der Waals surface area (Å²) >= 11 is 1.13. The van der Waals surface area contributed by atoms with Crippen LogP contribution in [0.25, 0.3) is 16.0 Å². The minimum absolute atomic E-state index is 0.0801. The molecule has 1 aromatic carbocycles. The lowest BCUT2D eigenvalue weighted by atomic mass is 9.60. The zero-order valence-electron chi connectivity index (χ0n) is 18.2. The van der Waals surface area contributed by atoms with Gasteiger partial charge in [-0.25, -0.2) is 0 Å². The van der Waals surface area contributed by atoms with Gasteiger partial charge in [-0.2, -0.15) is 0 Å². The quantitative estimate of drug-likeness (QED) is 0.340. The number of thiazole rings is 1. The van der Waals surface area contributed by atoms with Crippen LogP contribution in [0.4, 0.5) is 0 Å². The Kier molecular flexibility index (Phi) is 5.39. The molecule has 160 valence electrons. The third-order valence-corrected chi connectivity index (χ3v) is 6.98. The molecule has 3 rings (SSSR count). The highest BCUT2D eigenvalue weighted by Gasteiger charge is 2.56. The number of aromatic nitrogens is 1. The van der Waals surface area contributed by atoms with Gasteiger partial charge in [0, 0.05) is 12.1 Å². The third-order valence-electron chi connectivity index (χ3n) is 6.03. The Balaban J connectivity index is 2.29. The Morgan fingerprint density at radius 1 is 1.03 bits per heavy atom. The number of aliphatic hydroxyl groups is 1. The van der Waals surface area contributed by atoms with E-state index in [1.165, 1.54) is 27.7 Å². The molecule has 1 aliphatic carbocycles. The van der Waals surface area contributed by atoms with Crippen molar-refractivity contribution in [2.75, 3.05) is 0 Å². The molecule has 0 unspecified atom stereocenters. The van der Waals surface area contributed by atoms with E-state index in [2.05, 4.69) is 0 Å². The molecule has 1 fully saturated rings. The van der Waals surface area contributed by atoms with E-state index < -0.39 is 33.9 Å².